The van der Waals surface area contributed by atoms with Gasteiger partial charge in [0.05, 0.1) is 0 Å². The van der Waals surface area contributed by atoms with Gasteiger partial charge in [0.1, 0.15) is 5.78 Å². The van der Waals surface area contributed by atoms with Crippen LogP contribution in [0.2, 0.25) is 0 Å². The molecule has 21 heavy (non-hydrogen) atoms. The molecule has 2 nitrogen and oxygen atoms in total. The zero-order valence-corrected chi connectivity index (χ0v) is 16.8. The molecule has 2 aliphatic rings. The first-order valence-electron chi connectivity index (χ1n) is 8.03. The fraction of sp³-hybridized carbons (Fsp3) is 0.611. The minimum Gasteiger partial charge on any atom is -0.303 e. The first-order valence-corrected chi connectivity index (χ1v) is 8.03. The molecule has 1 saturated heterocycles. The van der Waals surface area contributed by atoms with Crippen LogP contribution in [0.5, 0.6) is 0 Å². The van der Waals surface area contributed by atoms with Crippen LogP contribution in [-0.4, -0.2) is 30.3 Å². The van der Waals surface area contributed by atoms with Crippen molar-refractivity contribution < 1.29 is 35.9 Å². The second-order valence-electron chi connectivity index (χ2n) is 6.33. The Kier molecular flexibility index (Phi) is 7.00. The second-order valence-corrected chi connectivity index (χ2v) is 6.33. The van der Waals surface area contributed by atoms with Crippen molar-refractivity contribution in [3.8, 4) is 0 Å². The first-order chi connectivity index (χ1) is 9.83. The molecule has 0 radical (unpaired) electrons. The summed E-state index contributed by atoms with van der Waals surface area (Å²) in [7, 11) is 0. The van der Waals surface area contributed by atoms with Crippen molar-refractivity contribution in [2.24, 2.45) is 5.92 Å². The third-order valence-electron chi connectivity index (χ3n) is 4.74. The summed E-state index contributed by atoms with van der Waals surface area (Å²) in [4.78, 5) is 14.5. The molecule has 1 saturated carbocycles. The van der Waals surface area contributed by atoms with Gasteiger partial charge < -0.3 is 4.90 Å². The van der Waals surface area contributed by atoms with Crippen molar-refractivity contribution in [3.63, 3.8) is 0 Å². The quantitative estimate of drug-likeness (QED) is 0.550. The number of ketones is 1. The summed E-state index contributed by atoms with van der Waals surface area (Å²) in [5.41, 5.74) is 1.39. The van der Waals surface area contributed by atoms with Gasteiger partial charge in [-0.25, -0.2) is 0 Å². The van der Waals surface area contributed by atoms with E-state index in [1.807, 2.05) is 12.1 Å². The molecule has 0 spiro atoms. The van der Waals surface area contributed by atoms with Crippen LogP contribution in [0.1, 0.15) is 50.0 Å². The van der Waals surface area contributed by atoms with Gasteiger partial charge in [0.2, 0.25) is 0 Å². The van der Waals surface area contributed by atoms with Gasteiger partial charge in [0.15, 0.2) is 0 Å². The number of piperidine rings is 1. The summed E-state index contributed by atoms with van der Waals surface area (Å²) in [6.07, 6.45) is 6.72. The van der Waals surface area contributed by atoms with Crippen LogP contribution in [0.3, 0.4) is 0 Å². The first kappa shape index (κ1) is 17.3. The van der Waals surface area contributed by atoms with E-state index < -0.39 is 0 Å². The van der Waals surface area contributed by atoms with Crippen LogP contribution in [0, 0.1) is 43.1 Å². The van der Waals surface area contributed by atoms with E-state index in [0.29, 0.717) is 17.6 Å². The largest absolute Gasteiger partial charge is 0.303 e. The number of hydrogen-bond donors (Lipinski definition) is 0. The summed E-state index contributed by atoms with van der Waals surface area (Å²) in [5, 5.41) is 0. The summed E-state index contributed by atoms with van der Waals surface area (Å²) in [5.74, 6) is 1.69. The Morgan fingerprint density at radius 2 is 1.90 bits per heavy atom. The second kappa shape index (κ2) is 8.51. The molecular formula is C18H24NOU-. The van der Waals surface area contributed by atoms with Crippen molar-refractivity contribution in [2.45, 2.75) is 44.4 Å². The molecule has 2 fully saturated rings. The normalized spacial score (nSPS) is 25.1. The van der Waals surface area contributed by atoms with E-state index in [1.165, 1.54) is 44.3 Å². The van der Waals surface area contributed by atoms with Gasteiger partial charge in [-0.2, -0.15) is 35.9 Å². The van der Waals surface area contributed by atoms with E-state index in [1.54, 1.807) is 0 Å². The molecule has 1 aliphatic carbocycles. The number of carbonyl (C=O) groups is 1. The van der Waals surface area contributed by atoms with E-state index >= 15 is 0 Å². The van der Waals surface area contributed by atoms with E-state index in [2.05, 4.69) is 23.1 Å². The maximum Gasteiger partial charge on any atom is 0.134 e. The maximum atomic E-state index is 12.1. The van der Waals surface area contributed by atoms with Gasteiger partial charge in [0, 0.05) is 50.5 Å². The number of likely N-dealkylation sites (tertiary alicyclic amines) is 1. The van der Waals surface area contributed by atoms with Crippen LogP contribution in [-0.2, 0) is 4.79 Å². The predicted molar refractivity (Wildman–Crippen MR) is 80.7 cm³/mol. The monoisotopic (exact) mass is 508 g/mol. The SMILES string of the molecule is O=C(CCN1CCCCC1)CC1CC1c1cc[c-]cc1.[U]. The van der Waals surface area contributed by atoms with Gasteiger partial charge >= 0.3 is 0 Å². The third kappa shape index (κ3) is 5.24. The molecule has 0 amide bonds. The molecule has 0 N–H and O–H groups in total. The van der Waals surface area contributed by atoms with Crippen molar-refractivity contribution >= 4 is 5.78 Å². The summed E-state index contributed by atoms with van der Waals surface area (Å²) < 4.78 is 0. The average molecular weight is 508 g/mol. The molecular weight excluding hydrogens is 484 g/mol. The molecule has 1 aromatic rings. The molecule has 3 rings (SSSR count). The van der Waals surface area contributed by atoms with Gasteiger partial charge in [-0.3, -0.25) is 4.79 Å². The summed E-state index contributed by atoms with van der Waals surface area (Å²) in [6, 6.07) is 11.3. The molecule has 1 aromatic carbocycles. The minimum absolute atomic E-state index is 0. The summed E-state index contributed by atoms with van der Waals surface area (Å²) in [6.45, 7) is 3.37. The van der Waals surface area contributed by atoms with Crippen LogP contribution < -0.4 is 0 Å². The van der Waals surface area contributed by atoms with Crippen molar-refractivity contribution in [3.05, 3.63) is 35.9 Å². The van der Waals surface area contributed by atoms with Crippen LogP contribution in [0.25, 0.3) is 0 Å². The van der Waals surface area contributed by atoms with Gasteiger partial charge in [-0.05, 0) is 44.2 Å². The Morgan fingerprint density at radius 3 is 2.62 bits per heavy atom. The Balaban J connectivity index is 0.00000161. The van der Waals surface area contributed by atoms with E-state index in [4.69, 9.17) is 0 Å². The zero-order chi connectivity index (χ0) is 13.8. The number of carbonyl (C=O) groups excluding carboxylic acids is 1. The van der Waals surface area contributed by atoms with E-state index in [9.17, 15) is 4.79 Å². The van der Waals surface area contributed by atoms with Crippen molar-refractivity contribution in [1.82, 2.24) is 4.90 Å². The fourth-order valence-corrected chi connectivity index (χ4v) is 3.39. The van der Waals surface area contributed by atoms with E-state index in [0.717, 1.165) is 19.4 Å². The standard InChI is InChI=1S/C18H24NO.U/c20-17(9-12-19-10-5-2-6-11-19)13-16-14-18(16)15-7-3-1-4-8-15;/h3-4,7-8,16,18H,2,5-6,9-14H2;/q-1;. The molecule has 2 atom stereocenters. The molecule has 112 valence electrons. The number of rotatable bonds is 6. The molecule has 2 unspecified atom stereocenters. The number of Topliss-reactive ketones (excluding diaryl/α,β-unsaturated/α-hetero) is 1. The predicted octanol–water partition coefficient (Wildman–Crippen LogP) is 3.43. The molecule has 1 heterocycles. The fourth-order valence-electron chi connectivity index (χ4n) is 3.39. The van der Waals surface area contributed by atoms with Crippen LogP contribution in [0.4, 0.5) is 0 Å². The topological polar surface area (TPSA) is 20.3 Å². The minimum atomic E-state index is 0. The number of hydrogen-bond acceptors (Lipinski definition) is 2. The Labute approximate surface area is 152 Å². The van der Waals surface area contributed by atoms with Crippen molar-refractivity contribution in [2.75, 3.05) is 19.6 Å². The van der Waals surface area contributed by atoms with Gasteiger partial charge in [0.25, 0.3) is 0 Å². The molecule has 1 aliphatic heterocycles. The maximum absolute atomic E-state index is 12.1. The van der Waals surface area contributed by atoms with Gasteiger partial charge in [-0.15, -0.1) is 0 Å². The van der Waals surface area contributed by atoms with Crippen LogP contribution >= 0.6 is 0 Å². The smallest absolute Gasteiger partial charge is 0.134 e. The summed E-state index contributed by atoms with van der Waals surface area (Å²) >= 11 is 0. The van der Waals surface area contributed by atoms with E-state index in [-0.39, 0.29) is 31.1 Å². The number of nitrogens with zero attached hydrogens (tertiary/aromatic N) is 1. The molecule has 0 bridgehead atoms. The molecule has 0 aromatic heterocycles. The Bertz CT molecular complexity index is 442. The number of benzene rings is 1. The van der Waals surface area contributed by atoms with Gasteiger partial charge in [-0.1, -0.05) is 6.42 Å². The third-order valence-corrected chi connectivity index (χ3v) is 4.74. The zero-order valence-electron chi connectivity index (χ0n) is 12.7. The Hall–Kier alpha value is -0.0981. The molecule has 3 heteroatoms. The van der Waals surface area contributed by atoms with Crippen LogP contribution in [0.15, 0.2) is 24.3 Å². The van der Waals surface area contributed by atoms with Crippen molar-refractivity contribution in [1.29, 1.82) is 0 Å². The Morgan fingerprint density at radius 1 is 1.19 bits per heavy atom. The average Bonchev–Trinajstić information content (AvgIpc) is 3.26.